The Morgan fingerprint density at radius 2 is 2.16 bits per heavy atom. The molecular formula is C18H24N4O3. The number of likely N-dealkylation sites (tertiary alicyclic amines) is 1. The van der Waals surface area contributed by atoms with Crippen LogP contribution < -0.4 is 10.5 Å². The van der Waals surface area contributed by atoms with Crippen molar-refractivity contribution in [2.45, 2.75) is 32.8 Å². The fraction of sp³-hybridized carbons (Fsp3) is 0.500. The van der Waals surface area contributed by atoms with Gasteiger partial charge in [0.15, 0.2) is 0 Å². The van der Waals surface area contributed by atoms with Crippen molar-refractivity contribution in [3.63, 3.8) is 0 Å². The number of fused-ring (bicyclic) bond motifs is 1. The van der Waals surface area contributed by atoms with Gasteiger partial charge in [-0.1, -0.05) is 0 Å². The van der Waals surface area contributed by atoms with Gasteiger partial charge in [0.05, 0.1) is 23.8 Å². The Bertz CT molecular complexity index is 772. The third-order valence-electron chi connectivity index (χ3n) is 3.95. The van der Waals surface area contributed by atoms with Crippen molar-refractivity contribution in [1.82, 2.24) is 14.9 Å². The van der Waals surface area contributed by atoms with Gasteiger partial charge in [0.2, 0.25) is 5.88 Å². The Morgan fingerprint density at radius 1 is 1.36 bits per heavy atom. The second kappa shape index (κ2) is 6.74. The Hall–Kier alpha value is -2.57. The predicted molar refractivity (Wildman–Crippen MR) is 95.4 cm³/mol. The number of hydrogen-bond donors (Lipinski definition) is 1. The lowest BCUT2D eigenvalue weighted by atomic mass is 10.1. The molecule has 25 heavy (non-hydrogen) atoms. The molecule has 0 saturated carbocycles. The highest BCUT2D eigenvalue weighted by Gasteiger charge is 2.30. The number of benzene rings is 1. The van der Waals surface area contributed by atoms with E-state index in [9.17, 15) is 4.79 Å². The zero-order valence-corrected chi connectivity index (χ0v) is 14.9. The van der Waals surface area contributed by atoms with Crippen LogP contribution in [-0.2, 0) is 4.74 Å². The van der Waals surface area contributed by atoms with Gasteiger partial charge in [-0.25, -0.2) is 14.8 Å². The van der Waals surface area contributed by atoms with Crippen molar-refractivity contribution in [1.29, 1.82) is 0 Å². The lowest BCUT2D eigenvalue weighted by Gasteiger charge is -2.24. The first-order valence-corrected chi connectivity index (χ1v) is 8.43. The zero-order chi connectivity index (χ0) is 18.0. The standard InChI is InChI=1S/C18H24N4O3/c1-18(2,3)25-17(23)22-7-6-12(10-22)11-24-16-9-20-15-8-13(19)4-5-14(15)21-16/h4-5,8-9,12H,6-7,10-11,19H2,1-3H3/t12-/m0/s1. The highest BCUT2D eigenvalue weighted by Crippen LogP contribution is 2.21. The summed E-state index contributed by atoms with van der Waals surface area (Å²) in [5, 5.41) is 0. The van der Waals surface area contributed by atoms with E-state index in [0.717, 1.165) is 17.5 Å². The van der Waals surface area contributed by atoms with E-state index < -0.39 is 5.60 Å². The molecule has 1 atom stereocenters. The van der Waals surface area contributed by atoms with Gasteiger partial charge in [-0.15, -0.1) is 0 Å². The second-order valence-corrected chi connectivity index (χ2v) is 7.35. The summed E-state index contributed by atoms with van der Waals surface area (Å²) in [6.07, 6.45) is 2.22. The molecule has 2 aromatic rings. The van der Waals surface area contributed by atoms with Crippen LogP contribution in [0.15, 0.2) is 24.4 Å². The molecular weight excluding hydrogens is 320 g/mol. The van der Waals surface area contributed by atoms with Crippen LogP contribution in [0.2, 0.25) is 0 Å². The summed E-state index contributed by atoms with van der Waals surface area (Å²) in [4.78, 5) is 22.6. The Balaban J connectivity index is 1.54. The first-order chi connectivity index (χ1) is 11.8. The largest absolute Gasteiger partial charge is 0.476 e. The van der Waals surface area contributed by atoms with Gasteiger partial charge in [0.25, 0.3) is 0 Å². The molecule has 7 heteroatoms. The van der Waals surface area contributed by atoms with E-state index in [1.807, 2.05) is 26.8 Å². The molecule has 0 spiro atoms. The topological polar surface area (TPSA) is 90.6 Å². The fourth-order valence-electron chi connectivity index (χ4n) is 2.74. The van der Waals surface area contributed by atoms with E-state index in [4.69, 9.17) is 15.2 Å². The normalized spacial score (nSPS) is 17.7. The number of nitrogen functional groups attached to an aromatic ring is 1. The van der Waals surface area contributed by atoms with Crippen molar-refractivity contribution in [2.24, 2.45) is 5.92 Å². The second-order valence-electron chi connectivity index (χ2n) is 7.35. The Labute approximate surface area is 147 Å². The van der Waals surface area contributed by atoms with Gasteiger partial charge in [-0.3, -0.25) is 0 Å². The number of nitrogens with two attached hydrogens (primary N) is 1. The van der Waals surface area contributed by atoms with Gasteiger partial charge >= 0.3 is 6.09 Å². The summed E-state index contributed by atoms with van der Waals surface area (Å²) >= 11 is 0. The minimum absolute atomic E-state index is 0.261. The molecule has 3 rings (SSSR count). The smallest absolute Gasteiger partial charge is 0.410 e. The van der Waals surface area contributed by atoms with Crippen LogP contribution in [0.4, 0.5) is 10.5 Å². The quantitative estimate of drug-likeness (QED) is 0.861. The first kappa shape index (κ1) is 17.3. The van der Waals surface area contributed by atoms with E-state index in [1.165, 1.54) is 0 Å². The van der Waals surface area contributed by atoms with Crippen LogP contribution in [-0.4, -0.2) is 46.3 Å². The maximum absolute atomic E-state index is 12.1. The maximum atomic E-state index is 12.1. The zero-order valence-electron chi connectivity index (χ0n) is 14.9. The van der Waals surface area contributed by atoms with Crippen LogP contribution in [0, 0.1) is 5.92 Å². The van der Waals surface area contributed by atoms with Gasteiger partial charge in [0.1, 0.15) is 5.60 Å². The van der Waals surface area contributed by atoms with Crippen molar-refractivity contribution >= 4 is 22.8 Å². The number of ether oxygens (including phenoxy) is 2. The van der Waals surface area contributed by atoms with Crippen LogP contribution in [0.5, 0.6) is 5.88 Å². The molecule has 0 aliphatic carbocycles. The fourth-order valence-corrected chi connectivity index (χ4v) is 2.74. The predicted octanol–water partition coefficient (Wildman–Crippen LogP) is 2.85. The molecule has 1 aliphatic heterocycles. The molecule has 1 fully saturated rings. The number of nitrogens with zero attached hydrogens (tertiary/aromatic N) is 3. The van der Waals surface area contributed by atoms with E-state index >= 15 is 0 Å². The molecule has 134 valence electrons. The number of carbonyl (C=O) groups excluding carboxylic acids is 1. The van der Waals surface area contributed by atoms with E-state index in [0.29, 0.717) is 31.3 Å². The van der Waals surface area contributed by atoms with Crippen molar-refractivity contribution < 1.29 is 14.3 Å². The van der Waals surface area contributed by atoms with Gasteiger partial charge < -0.3 is 20.1 Å². The van der Waals surface area contributed by atoms with Crippen LogP contribution >= 0.6 is 0 Å². The van der Waals surface area contributed by atoms with Crippen LogP contribution in [0.1, 0.15) is 27.2 Å². The number of hydrogen-bond acceptors (Lipinski definition) is 6. The lowest BCUT2D eigenvalue weighted by molar-refractivity contribution is 0.0284. The summed E-state index contributed by atoms with van der Waals surface area (Å²) in [5.74, 6) is 0.740. The third kappa shape index (κ3) is 4.49. The Morgan fingerprint density at radius 3 is 2.92 bits per heavy atom. The maximum Gasteiger partial charge on any atom is 0.410 e. The van der Waals surface area contributed by atoms with Crippen molar-refractivity contribution in [3.05, 3.63) is 24.4 Å². The molecule has 0 bridgehead atoms. The van der Waals surface area contributed by atoms with Gasteiger partial charge in [-0.2, -0.15) is 0 Å². The van der Waals surface area contributed by atoms with Crippen LogP contribution in [0.3, 0.4) is 0 Å². The minimum Gasteiger partial charge on any atom is -0.476 e. The number of anilines is 1. The van der Waals surface area contributed by atoms with Crippen LogP contribution in [0.25, 0.3) is 11.0 Å². The van der Waals surface area contributed by atoms with Crippen molar-refractivity contribution in [2.75, 3.05) is 25.4 Å². The molecule has 1 aromatic heterocycles. The highest BCUT2D eigenvalue weighted by molar-refractivity contribution is 5.78. The molecule has 0 unspecified atom stereocenters. The summed E-state index contributed by atoms with van der Waals surface area (Å²) < 4.78 is 11.2. The Kier molecular flexibility index (Phi) is 4.65. The number of rotatable bonds is 3. The summed E-state index contributed by atoms with van der Waals surface area (Å²) in [5.41, 5.74) is 7.40. The number of amides is 1. The van der Waals surface area contributed by atoms with Gasteiger partial charge in [0, 0.05) is 24.7 Å². The molecule has 1 amide bonds. The summed E-state index contributed by atoms with van der Waals surface area (Å²) in [6.45, 7) is 7.42. The number of aromatic nitrogens is 2. The van der Waals surface area contributed by atoms with E-state index in [-0.39, 0.29) is 12.0 Å². The summed E-state index contributed by atoms with van der Waals surface area (Å²) in [7, 11) is 0. The first-order valence-electron chi connectivity index (χ1n) is 8.43. The minimum atomic E-state index is -0.476. The highest BCUT2D eigenvalue weighted by atomic mass is 16.6. The average Bonchev–Trinajstić information content (AvgIpc) is 3.00. The SMILES string of the molecule is CC(C)(C)OC(=O)N1CC[C@H](COc2cnc3cc(N)ccc3n2)C1. The molecule has 2 N–H and O–H groups in total. The molecule has 7 nitrogen and oxygen atoms in total. The molecule has 1 aromatic carbocycles. The molecule has 0 radical (unpaired) electrons. The molecule has 1 aliphatic rings. The van der Waals surface area contributed by atoms with Crippen molar-refractivity contribution in [3.8, 4) is 5.88 Å². The molecule has 2 heterocycles. The monoisotopic (exact) mass is 344 g/mol. The van der Waals surface area contributed by atoms with E-state index in [2.05, 4.69) is 9.97 Å². The average molecular weight is 344 g/mol. The lowest BCUT2D eigenvalue weighted by Crippen LogP contribution is -2.35. The third-order valence-corrected chi connectivity index (χ3v) is 3.95. The summed E-state index contributed by atoms with van der Waals surface area (Å²) in [6, 6.07) is 5.39. The molecule has 1 saturated heterocycles. The number of carbonyl (C=O) groups is 1. The van der Waals surface area contributed by atoms with E-state index in [1.54, 1.807) is 23.2 Å². The van der Waals surface area contributed by atoms with Gasteiger partial charge in [-0.05, 0) is 45.4 Å².